The first kappa shape index (κ1) is 12.6. The van der Waals surface area contributed by atoms with Gasteiger partial charge in [-0.25, -0.2) is 0 Å². The Hall–Kier alpha value is -0.860. The van der Waals surface area contributed by atoms with Gasteiger partial charge in [0.25, 0.3) is 0 Å². The number of benzene rings is 1. The summed E-state index contributed by atoms with van der Waals surface area (Å²) < 4.78 is 0. The van der Waals surface area contributed by atoms with Crippen molar-refractivity contribution in [3.8, 4) is 0 Å². The van der Waals surface area contributed by atoms with E-state index in [9.17, 15) is 0 Å². The van der Waals surface area contributed by atoms with E-state index < -0.39 is 0 Å². The highest BCUT2D eigenvalue weighted by atomic mass is 15.1. The molecule has 0 radical (unpaired) electrons. The van der Waals surface area contributed by atoms with Crippen LogP contribution >= 0.6 is 0 Å². The van der Waals surface area contributed by atoms with Crippen molar-refractivity contribution in [2.24, 2.45) is 5.73 Å². The first-order valence-electron chi connectivity index (χ1n) is 6.61. The second-order valence-electron chi connectivity index (χ2n) is 5.63. The Labute approximate surface area is 105 Å². The third-order valence-electron chi connectivity index (χ3n) is 4.04. The molecule has 0 spiro atoms. The number of nitrogens with two attached hydrogens (primary N) is 1. The number of hydrogen-bond acceptors (Lipinski definition) is 2. The first-order chi connectivity index (χ1) is 8.09. The molecule has 0 bridgehead atoms. The molecule has 0 unspecified atom stereocenters. The normalized spacial score (nSPS) is 18.1. The van der Waals surface area contributed by atoms with Crippen molar-refractivity contribution in [2.75, 3.05) is 13.6 Å². The molecule has 94 valence electrons. The third-order valence-corrected chi connectivity index (χ3v) is 4.04. The van der Waals surface area contributed by atoms with Crippen LogP contribution in [-0.2, 0) is 6.54 Å². The van der Waals surface area contributed by atoms with E-state index in [4.69, 9.17) is 5.73 Å². The summed E-state index contributed by atoms with van der Waals surface area (Å²) in [6.45, 7) is 4.31. The molecule has 17 heavy (non-hydrogen) atoms. The average Bonchev–Trinajstić information content (AvgIpc) is 2.27. The van der Waals surface area contributed by atoms with Gasteiger partial charge in [0.2, 0.25) is 0 Å². The smallest absolute Gasteiger partial charge is 0.0233 e. The lowest BCUT2D eigenvalue weighted by Crippen LogP contribution is -2.48. The Morgan fingerprint density at radius 2 is 2.00 bits per heavy atom. The van der Waals surface area contributed by atoms with Gasteiger partial charge < -0.3 is 10.6 Å². The largest absolute Gasteiger partial charge is 0.325 e. The van der Waals surface area contributed by atoms with Gasteiger partial charge in [0.05, 0.1) is 0 Å². The second-order valence-corrected chi connectivity index (χ2v) is 5.63. The van der Waals surface area contributed by atoms with E-state index >= 15 is 0 Å². The zero-order valence-electron chi connectivity index (χ0n) is 11.1. The van der Waals surface area contributed by atoms with E-state index in [0.29, 0.717) is 0 Å². The van der Waals surface area contributed by atoms with Crippen LogP contribution in [0.15, 0.2) is 24.3 Å². The minimum absolute atomic E-state index is 0.153. The lowest BCUT2D eigenvalue weighted by molar-refractivity contribution is 0.193. The van der Waals surface area contributed by atoms with Crippen LogP contribution in [0.3, 0.4) is 0 Å². The van der Waals surface area contributed by atoms with Gasteiger partial charge in [-0.15, -0.1) is 0 Å². The lowest BCUT2D eigenvalue weighted by atomic mass is 9.75. The minimum Gasteiger partial charge on any atom is -0.325 e. The summed E-state index contributed by atoms with van der Waals surface area (Å²) in [5, 5.41) is 0. The van der Waals surface area contributed by atoms with E-state index in [1.165, 1.54) is 30.4 Å². The van der Waals surface area contributed by atoms with Crippen molar-refractivity contribution < 1.29 is 0 Å². The fourth-order valence-electron chi connectivity index (χ4n) is 2.45. The highest BCUT2D eigenvalue weighted by Gasteiger charge is 2.31. The fourth-order valence-corrected chi connectivity index (χ4v) is 2.45. The number of aryl methyl sites for hydroxylation is 1. The highest BCUT2D eigenvalue weighted by molar-refractivity contribution is 5.25. The summed E-state index contributed by atoms with van der Waals surface area (Å²) in [5.74, 6) is 0. The molecule has 0 atom stereocenters. The molecule has 1 aliphatic rings. The van der Waals surface area contributed by atoms with E-state index in [2.05, 4.69) is 43.1 Å². The van der Waals surface area contributed by atoms with Gasteiger partial charge in [0.15, 0.2) is 0 Å². The molecule has 1 aromatic carbocycles. The maximum Gasteiger partial charge on any atom is 0.0233 e. The van der Waals surface area contributed by atoms with Crippen molar-refractivity contribution in [1.82, 2.24) is 4.90 Å². The van der Waals surface area contributed by atoms with Gasteiger partial charge in [-0.3, -0.25) is 0 Å². The van der Waals surface area contributed by atoms with Crippen LogP contribution in [0.4, 0.5) is 0 Å². The SMILES string of the molecule is Cc1ccccc1CN(C)CCC1(N)CCC1. The predicted molar refractivity (Wildman–Crippen MR) is 72.9 cm³/mol. The Morgan fingerprint density at radius 3 is 2.59 bits per heavy atom. The molecular formula is C15H24N2. The van der Waals surface area contributed by atoms with Crippen molar-refractivity contribution in [3.05, 3.63) is 35.4 Å². The number of rotatable bonds is 5. The van der Waals surface area contributed by atoms with E-state index in [1.807, 2.05) is 0 Å². The molecule has 0 aliphatic heterocycles. The molecule has 0 saturated heterocycles. The molecule has 1 aromatic rings. The second kappa shape index (κ2) is 5.19. The summed E-state index contributed by atoms with van der Waals surface area (Å²) in [6, 6.07) is 8.61. The lowest BCUT2D eigenvalue weighted by Gasteiger charge is -2.39. The first-order valence-corrected chi connectivity index (χ1v) is 6.61. The monoisotopic (exact) mass is 232 g/mol. The average molecular weight is 232 g/mol. The van der Waals surface area contributed by atoms with Crippen molar-refractivity contribution >= 4 is 0 Å². The summed E-state index contributed by atoms with van der Waals surface area (Å²) in [4.78, 5) is 2.38. The van der Waals surface area contributed by atoms with Crippen LogP contribution in [0, 0.1) is 6.92 Å². The van der Waals surface area contributed by atoms with Gasteiger partial charge in [-0.2, -0.15) is 0 Å². The van der Waals surface area contributed by atoms with Crippen LogP contribution in [0.25, 0.3) is 0 Å². The van der Waals surface area contributed by atoms with Crippen molar-refractivity contribution in [3.63, 3.8) is 0 Å². The maximum absolute atomic E-state index is 6.25. The van der Waals surface area contributed by atoms with Gasteiger partial charge in [-0.1, -0.05) is 24.3 Å². The Morgan fingerprint density at radius 1 is 1.29 bits per heavy atom. The van der Waals surface area contributed by atoms with Crippen molar-refractivity contribution in [1.29, 1.82) is 0 Å². The van der Waals surface area contributed by atoms with Crippen molar-refractivity contribution in [2.45, 2.75) is 44.7 Å². The Balaban J connectivity index is 1.81. The molecule has 2 N–H and O–H groups in total. The van der Waals surface area contributed by atoms with Crippen LogP contribution in [0.5, 0.6) is 0 Å². The molecule has 1 saturated carbocycles. The van der Waals surface area contributed by atoms with E-state index in [1.54, 1.807) is 0 Å². The van der Waals surface area contributed by atoms with Crippen LogP contribution < -0.4 is 5.73 Å². The third kappa shape index (κ3) is 3.30. The molecular weight excluding hydrogens is 208 g/mol. The molecule has 1 fully saturated rings. The van der Waals surface area contributed by atoms with Gasteiger partial charge in [0, 0.05) is 12.1 Å². The van der Waals surface area contributed by atoms with Crippen LogP contribution in [0.1, 0.15) is 36.8 Å². The van der Waals surface area contributed by atoms with Crippen LogP contribution in [0.2, 0.25) is 0 Å². The van der Waals surface area contributed by atoms with Crippen LogP contribution in [-0.4, -0.2) is 24.0 Å². The summed E-state index contributed by atoms with van der Waals surface area (Å²) in [5.41, 5.74) is 9.21. The zero-order chi connectivity index (χ0) is 12.3. The molecule has 2 nitrogen and oxygen atoms in total. The highest BCUT2D eigenvalue weighted by Crippen LogP contribution is 2.32. The number of nitrogens with zero attached hydrogens (tertiary/aromatic N) is 1. The number of hydrogen-bond donors (Lipinski definition) is 1. The quantitative estimate of drug-likeness (QED) is 0.845. The van der Waals surface area contributed by atoms with E-state index in [-0.39, 0.29) is 5.54 Å². The topological polar surface area (TPSA) is 29.3 Å². The summed E-state index contributed by atoms with van der Waals surface area (Å²) in [6.07, 6.45) is 4.88. The van der Waals surface area contributed by atoms with Gasteiger partial charge in [0.1, 0.15) is 0 Å². The molecule has 0 aromatic heterocycles. The summed E-state index contributed by atoms with van der Waals surface area (Å²) >= 11 is 0. The Kier molecular flexibility index (Phi) is 3.85. The molecule has 0 heterocycles. The standard InChI is InChI=1S/C15H24N2/c1-13-6-3-4-7-14(13)12-17(2)11-10-15(16)8-5-9-15/h3-4,6-7H,5,8-12,16H2,1-2H3. The molecule has 2 heteroatoms. The van der Waals surface area contributed by atoms with Gasteiger partial charge >= 0.3 is 0 Å². The minimum atomic E-state index is 0.153. The predicted octanol–water partition coefficient (Wildman–Crippen LogP) is 2.70. The summed E-state index contributed by atoms with van der Waals surface area (Å²) in [7, 11) is 2.19. The maximum atomic E-state index is 6.25. The molecule has 2 rings (SSSR count). The Bertz CT molecular complexity index is 369. The zero-order valence-corrected chi connectivity index (χ0v) is 11.1. The molecule has 1 aliphatic carbocycles. The van der Waals surface area contributed by atoms with E-state index in [0.717, 1.165) is 19.5 Å². The fraction of sp³-hybridized carbons (Fsp3) is 0.600. The van der Waals surface area contributed by atoms with Gasteiger partial charge in [-0.05, 0) is 57.3 Å². The molecule has 0 amide bonds.